The second kappa shape index (κ2) is 6.63. The molecule has 3 aromatic carbocycles. The zero-order valence-corrected chi connectivity index (χ0v) is 14.0. The van der Waals surface area contributed by atoms with Crippen molar-refractivity contribution in [3.63, 3.8) is 0 Å². The van der Waals surface area contributed by atoms with Gasteiger partial charge in [-0.05, 0) is 15.6 Å². The third kappa shape index (κ3) is 2.96. The maximum Gasteiger partial charge on any atom is 0.350 e. The van der Waals surface area contributed by atoms with E-state index in [9.17, 15) is 4.79 Å². The highest BCUT2D eigenvalue weighted by Crippen LogP contribution is 2.09. The Kier molecular flexibility index (Phi) is 4.39. The molecular formula is C20H18O2Si. The molecule has 3 aromatic rings. The first kappa shape index (κ1) is 15.3. The standard InChI is InChI=1S/C20H18O2Si/c1-17(21)22-23(18-11-5-2-6-12-18,19-13-7-3-8-14-19)20-15-9-4-10-16-20/h2-16H,1H3. The zero-order chi connectivity index (χ0) is 16.1. The molecule has 0 bridgehead atoms. The SMILES string of the molecule is CC(=O)O[Si](c1ccccc1)(c1ccccc1)c1ccccc1. The molecule has 0 aliphatic heterocycles. The van der Waals surface area contributed by atoms with Crippen LogP contribution in [0.2, 0.25) is 0 Å². The van der Waals surface area contributed by atoms with Crippen molar-refractivity contribution in [2.75, 3.05) is 0 Å². The first-order chi connectivity index (χ1) is 11.2. The van der Waals surface area contributed by atoms with E-state index in [-0.39, 0.29) is 5.97 Å². The van der Waals surface area contributed by atoms with Crippen molar-refractivity contribution in [3.05, 3.63) is 91.0 Å². The van der Waals surface area contributed by atoms with Crippen molar-refractivity contribution in [2.24, 2.45) is 0 Å². The number of carbonyl (C=O) groups excluding carboxylic acids is 1. The molecule has 3 heteroatoms. The van der Waals surface area contributed by atoms with Crippen LogP contribution < -0.4 is 15.6 Å². The molecular weight excluding hydrogens is 300 g/mol. The van der Waals surface area contributed by atoms with Gasteiger partial charge in [0.05, 0.1) is 0 Å². The lowest BCUT2D eigenvalue weighted by atomic mass is 10.3. The average Bonchev–Trinajstić information content (AvgIpc) is 2.62. The largest absolute Gasteiger partial charge is 0.506 e. The molecule has 0 saturated heterocycles. The molecule has 0 N–H and O–H groups in total. The van der Waals surface area contributed by atoms with Crippen molar-refractivity contribution >= 4 is 29.8 Å². The van der Waals surface area contributed by atoms with Gasteiger partial charge in [-0.15, -0.1) is 0 Å². The minimum Gasteiger partial charge on any atom is -0.506 e. The molecule has 0 aromatic heterocycles. The molecule has 0 amide bonds. The predicted octanol–water partition coefficient (Wildman–Crippen LogP) is 2.22. The Morgan fingerprint density at radius 3 is 1.22 bits per heavy atom. The van der Waals surface area contributed by atoms with E-state index in [4.69, 9.17) is 4.43 Å². The van der Waals surface area contributed by atoms with Gasteiger partial charge in [-0.2, -0.15) is 0 Å². The first-order valence-corrected chi connectivity index (χ1v) is 9.50. The van der Waals surface area contributed by atoms with Gasteiger partial charge in [0.25, 0.3) is 5.97 Å². The first-order valence-electron chi connectivity index (χ1n) is 7.59. The van der Waals surface area contributed by atoms with E-state index >= 15 is 0 Å². The lowest BCUT2D eigenvalue weighted by molar-refractivity contribution is -0.132. The number of rotatable bonds is 4. The fourth-order valence-electron chi connectivity index (χ4n) is 2.91. The van der Waals surface area contributed by atoms with Gasteiger partial charge in [-0.25, -0.2) is 0 Å². The average molecular weight is 318 g/mol. The smallest absolute Gasteiger partial charge is 0.350 e. The summed E-state index contributed by atoms with van der Waals surface area (Å²) in [6, 6.07) is 30.2. The Bertz CT molecular complexity index is 674. The molecule has 0 spiro atoms. The highest BCUT2D eigenvalue weighted by molar-refractivity contribution is 7.07. The normalized spacial score (nSPS) is 11.0. The van der Waals surface area contributed by atoms with Crippen LogP contribution in [0.25, 0.3) is 0 Å². The van der Waals surface area contributed by atoms with Crippen LogP contribution in [0.5, 0.6) is 0 Å². The Labute approximate surface area is 137 Å². The van der Waals surface area contributed by atoms with Gasteiger partial charge in [-0.3, -0.25) is 4.79 Å². The van der Waals surface area contributed by atoms with Gasteiger partial charge in [0, 0.05) is 6.92 Å². The van der Waals surface area contributed by atoms with Crippen LogP contribution >= 0.6 is 0 Å². The van der Waals surface area contributed by atoms with Gasteiger partial charge in [0.1, 0.15) is 0 Å². The Morgan fingerprint density at radius 2 is 0.957 bits per heavy atom. The molecule has 0 aliphatic rings. The van der Waals surface area contributed by atoms with Crippen LogP contribution in [0, 0.1) is 0 Å². The number of hydrogen-bond donors (Lipinski definition) is 0. The summed E-state index contributed by atoms with van der Waals surface area (Å²) in [5, 5.41) is 3.19. The van der Waals surface area contributed by atoms with Gasteiger partial charge >= 0.3 is 8.32 Å². The van der Waals surface area contributed by atoms with E-state index in [2.05, 4.69) is 36.4 Å². The van der Waals surface area contributed by atoms with E-state index < -0.39 is 8.32 Å². The molecule has 0 unspecified atom stereocenters. The summed E-state index contributed by atoms with van der Waals surface area (Å²) < 4.78 is 6.10. The van der Waals surface area contributed by atoms with Crippen LogP contribution in [0.15, 0.2) is 91.0 Å². The molecule has 2 nitrogen and oxygen atoms in total. The van der Waals surface area contributed by atoms with Gasteiger partial charge < -0.3 is 4.43 Å². The number of carbonyl (C=O) groups is 1. The monoisotopic (exact) mass is 318 g/mol. The molecule has 0 heterocycles. The van der Waals surface area contributed by atoms with Crippen molar-refractivity contribution in [3.8, 4) is 0 Å². The van der Waals surface area contributed by atoms with Gasteiger partial charge in [-0.1, -0.05) is 91.0 Å². The van der Waals surface area contributed by atoms with Gasteiger partial charge in [0.15, 0.2) is 0 Å². The van der Waals surface area contributed by atoms with Crippen molar-refractivity contribution in [1.82, 2.24) is 0 Å². The summed E-state index contributed by atoms with van der Waals surface area (Å²) in [7, 11) is -2.84. The molecule has 0 aliphatic carbocycles. The van der Waals surface area contributed by atoms with E-state index in [0.29, 0.717) is 0 Å². The molecule has 0 fully saturated rings. The highest BCUT2D eigenvalue weighted by Gasteiger charge is 2.44. The third-order valence-electron chi connectivity index (χ3n) is 3.84. The van der Waals surface area contributed by atoms with Crippen LogP contribution in [0.4, 0.5) is 0 Å². The summed E-state index contributed by atoms with van der Waals surface area (Å²) in [5.41, 5.74) is 0. The predicted molar refractivity (Wildman–Crippen MR) is 95.7 cm³/mol. The summed E-state index contributed by atoms with van der Waals surface area (Å²) in [6.07, 6.45) is 0. The molecule has 0 saturated carbocycles. The Morgan fingerprint density at radius 1 is 0.652 bits per heavy atom. The van der Waals surface area contributed by atoms with Crippen molar-refractivity contribution in [2.45, 2.75) is 6.92 Å². The lowest BCUT2D eigenvalue weighted by Gasteiger charge is -2.31. The van der Waals surface area contributed by atoms with E-state index in [1.54, 1.807) is 0 Å². The summed E-state index contributed by atoms with van der Waals surface area (Å²) in [6.45, 7) is 1.48. The third-order valence-corrected chi connectivity index (χ3v) is 7.87. The van der Waals surface area contributed by atoms with Crippen molar-refractivity contribution < 1.29 is 9.22 Å². The lowest BCUT2D eigenvalue weighted by Crippen LogP contribution is -2.69. The fourth-order valence-corrected chi connectivity index (χ4v) is 6.68. The summed E-state index contributed by atoms with van der Waals surface area (Å²) >= 11 is 0. The molecule has 114 valence electrons. The molecule has 3 rings (SSSR count). The quantitative estimate of drug-likeness (QED) is 0.545. The summed E-state index contributed by atoms with van der Waals surface area (Å²) in [5.74, 6) is -0.256. The van der Waals surface area contributed by atoms with Crippen LogP contribution in [-0.4, -0.2) is 14.3 Å². The van der Waals surface area contributed by atoms with Crippen LogP contribution in [0.3, 0.4) is 0 Å². The number of benzene rings is 3. The van der Waals surface area contributed by atoms with E-state index in [1.165, 1.54) is 6.92 Å². The summed E-state index contributed by atoms with van der Waals surface area (Å²) in [4.78, 5) is 12.0. The zero-order valence-electron chi connectivity index (χ0n) is 13.0. The van der Waals surface area contributed by atoms with Crippen molar-refractivity contribution in [1.29, 1.82) is 0 Å². The maximum absolute atomic E-state index is 12.0. The Balaban J connectivity index is 2.32. The topological polar surface area (TPSA) is 26.3 Å². The second-order valence-corrected chi connectivity index (χ2v) is 8.67. The number of hydrogen-bond acceptors (Lipinski definition) is 2. The van der Waals surface area contributed by atoms with E-state index in [1.807, 2.05) is 54.6 Å². The minimum absolute atomic E-state index is 0.256. The molecule has 0 radical (unpaired) electrons. The second-order valence-electron chi connectivity index (χ2n) is 5.37. The molecule has 23 heavy (non-hydrogen) atoms. The van der Waals surface area contributed by atoms with Crippen LogP contribution in [0.1, 0.15) is 6.92 Å². The molecule has 0 atom stereocenters. The minimum atomic E-state index is -2.84. The highest BCUT2D eigenvalue weighted by atomic mass is 28.4. The van der Waals surface area contributed by atoms with Crippen LogP contribution in [-0.2, 0) is 9.22 Å². The van der Waals surface area contributed by atoms with Gasteiger partial charge in [0.2, 0.25) is 0 Å². The Hall–Kier alpha value is -2.65. The maximum atomic E-state index is 12.0. The van der Waals surface area contributed by atoms with E-state index in [0.717, 1.165) is 15.6 Å². The fraction of sp³-hybridized carbons (Fsp3) is 0.0500.